The van der Waals surface area contributed by atoms with E-state index in [1.807, 2.05) is 39.0 Å². The standard InChI is InChI=1S/C13H16BrNO/c1-10-4-5-11(14)8-12(10)16-7-6-13(2,3)9-15/h4-5,8H,6-7H2,1-3H3. The molecule has 1 aromatic carbocycles. The van der Waals surface area contributed by atoms with Gasteiger partial charge in [-0.15, -0.1) is 0 Å². The van der Waals surface area contributed by atoms with Crippen molar-refractivity contribution in [3.05, 3.63) is 28.2 Å². The zero-order chi connectivity index (χ0) is 12.2. The molecule has 0 aromatic heterocycles. The highest BCUT2D eigenvalue weighted by molar-refractivity contribution is 9.10. The monoisotopic (exact) mass is 281 g/mol. The smallest absolute Gasteiger partial charge is 0.123 e. The highest BCUT2D eigenvalue weighted by atomic mass is 79.9. The number of rotatable bonds is 4. The molecule has 0 N–H and O–H groups in total. The molecule has 0 bridgehead atoms. The van der Waals surface area contributed by atoms with Crippen molar-refractivity contribution < 1.29 is 4.74 Å². The van der Waals surface area contributed by atoms with Gasteiger partial charge in [-0.05, 0) is 44.9 Å². The van der Waals surface area contributed by atoms with Gasteiger partial charge in [0.25, 0.3) is 0 Å². The highest BCUT2D eigenvalue weighted by Crippen LogP contribution is 2.24. The van der Waals surface area contributed by atoms with E-state index in [0.29, 0.717) is 6.61 Å². The first-order valence-corrected chi connectivity index (χ1v) is 6.04. The third-order valence-electron chi connectivity index (χ3n) is 2.44. The summed E-state index contributed by atoms with van der Waals surface area (Å²) in [4.78, 5) is 0. The molecule has 0 atom stereocenters. The Morgan fingerprint density at radius 2 is 2.12 bits per heavy atom. The van der Waals surface area contributed by atoms with Gasteiger partial charge in [-0.2, -0.15) is 5.26 Å². The number of nitrogens with zero attached hydrogens (tertiary/aromatic N) is 1. The van der Waals surface area contributed by atoms with E-state index in [0.717, 1.165) is 22.2 Å². The second-order valence-corrected chi connectivity index (χ2v) is 5.42. The Balaban J connectivity index is 2.56. The molecular formula is C13H16BrNO. The van der Waals surface area contributed by atoms with E-state index in [-0.39, 0.29) is 5.41 Å². The normalized spacial score (nSPS) is 10.9. The topological polar surface area (TPSA) is 33.0 Å². The minimum absolute atomic E-state index is 0.320. The van der Waals surface area contributed by atoms with Crippen LogP contribution < -0.4 is 4.74 Å². The summed E-state index contributed by atoms with van der Waals surface area (Å²) in [6, 6.07) is 8.21. The van der Waals surface area contributed by atoms with Crippen LogP contribution in [0.4, 0.5) is 0 Å². The van der Waals surface area contributed by atoms with Crippen LogP contribution in [0.2, 0.25) is 0 Å². The van der Waals surface area contributed by atoms with Gasteiger partial charge in [-0.25, -0.2) is 0 Å². The molecule has 86 valence electrons. The van der Waals surface area contributed by atoms with Gasteiger partial charge < -0.3 is 4.74 Å². The van der Waals surface area contributed by atoms with Gasteiger partial charge in [0, 0.05) is 4.47 Å². The van der Waals surface area contributed by atoms with Crippen LogP contribution in [0.15, 0.2) is 22.7 Å². The zero-order valence-corrected chi connectivity index (χ0v) is 11.5. The molecule has 0 spiro atoms. The number of hydrogen-bond acceptors (Lipinski definition) is 2. The molecule has 0 amide bonds. The first-order valence-electron chi connectivity index (χ1n) is 5.25. The zero-order valence-electron chi connectivity index (χ0n) is 9.88. The predicted molar refractivity (Wildman–Crippen MR) is 68.4 cm³/mol. The maximum absolute atomic E-state index is 8.88. The summed E-state index contributed by atoms with van der Waals surface area (Å²) in [5, 5.41) is 8.88. The van der Waals surface area contributed by atoms with Gasteiger partial charge in [0.15, 0.2) is 0 Å². The fourth-order valence-electron chi connectivity index (χ4n) is 1.20. The molecular weight excluding hydrogens is 266 g/mol. The summed E-state index contributed by atoms with van der Waals surface area (Å²) in [6.45, 7) is 6.42. The second-order valence-electron chi connectivity index (χ2n) is 4.50. The van der Waals surface area contributed by atoms with Crippen molar-refractivity contribution in [3.8, 4) is 11.8 Å². The first kappa shape index (κ1) is 13.1. The van der Waals surface area contributed by atoms with Gasteiger partial charge in [0.1, 0.15) is 5.75 Å². The number of nitriles is 1. The maximum Gasteiger partial charge on any atom is 0.123 e. The van der Waals surface area contributed by atoms with Crippen molar-refractivity contribution in [2.45, 2.75) is 27.2 Å². The maximum atomic E-state index is 8.88. The SMILES string of the molecule is Cc1ccc(Br)cc1OCCC(C)(C)C#N. The summed E-state index contributed by atoms with van der Waals surface area (Å²) in [7, 11) is 0. The molecule has 0 unspecified atom stereocenters. The van der Waals surface area contributed by atoms with Crippen LogP contribution in [0.5, 0.6) is 5.75 Å². The van der Waals surface area contributed by atoms with E-state index in [2.05, 4.69) is 22.0 Å². The van der Waals surface area contributed by atoms with Crippen molar-refractivity contribution >= 4 is 15.9 Å². The van der Waals surface area contributed by atoms with Crippen molar-refractivity contribution in [2.24, 2.45) is 5.41 Å². The summed E-state index contributed by atoms with van der Waals surface area (Å²) in [6.07, 6.45) is 0.732. The molecule has 0 saturated carbocycles. The van der Waals surface area contributed by atoms with Crippen molar-refractivity contribution in [3.63, 3.8) is 0 Å². The molecule has 0 radical (unpaired) electrons. The summed E-state index contributed by atoms with van der Waals surface area (Å²) in [5.74, 6) is 0.878. The van der Waals surface area contributed by atoms with Crippen LogP contribution in [0.3, 0.4) is 0 Å². The summed E-state index contributed by atoms with van der Waals surface area (Å²) < 4.78 is 6.68. The van der Waals surface area contributed by atoms with Gasteiger partial charge in [0.05, 0.1) is 18.1 Å². The molecule has 16 heavy (non-hydrogen) atoms. The number of benzene rings is 1. The molecule has 0 saturated heterocycles. The number of hydrogen-bond donors (Lipinski definition) is 0. The lowest BCUT2D eigenvalue weighted by Gasteiger charge is -2.16. The van der Waals surface area contributed by atoms with Gasteiger partial charge in [0.2, 0.25) is 0 Å². The third-order valence-corrected chi connectivity index (χ3v) is 2.93. The highest BCUT2D eigenvalue weighted by Gasteiger charge is 2.16. The Bertz CT molecular complexity index is 407. The lowest BCUT2D eigenvalue weighted by molar-refractivity contribution is 0.263. The van der Waals surface area contributed by atoms with Gasteiger partial charge >= 0.3 is 0 Å². The third kappa shape index (κ3) is 3.86. The average Bonchev–Trinajstić information content (AvgIpc) is 2.23. The van der Waals surface area contributed by atoms with Gasteiger partial charge in [-0.1, -0.05) is 22.0 Å². The molecule has 1 rings (SSSR count). The molecule has 3 heteroatoms. The molecule has 0 aliphatic carbocycles. The Morgan fingerprint density at radius 1 is 1.44 bits per heavy atom. The largest absolute Gasteiger partial charge is 0.493 e. The fraction of sp³-hybridized carbons (Fsp3) is 0.462. The molecule has 1 aromatic rings. The predicted octanol–water partition coefficient (Wildman–Crippen LogP) is 4.08. The quantitative estimate of drug-likeness (QED) is 0.833. The van der Waals surface area contributed by atoms with Crippen LogP contribution in [0, 0.1) is 23.7 Å². The Labute approximate surface area is 105 Å². The van der Waals surface area contributed by atoms with Crippen LogP contribution in [0.25, 0.3) is 0 Å². The van der Waals surface area contributed by atoms with Crippen molar-refractivity contribution in [1.29, 1.82) is 5.26 Å². The van der Waals surface area contributed by atoms with Crippen LogP contribution >= 0.6 is 15.9 Å². The van der Waals surface area contributed by atoms with Gasteiger partial charge in [-0.3, -0.25) is 0 Å². The van der Waals surface area contributed by atoms with Crippen molar-refractivity contribution in [2.75, 3.05) is 6.61 Å². The van der Waals surface area contributed by atoms with E-state index < -0.39 is 0 Å². The van der Waals surface area contributed by atoms with Crippen LogP contribution in [-0.2, 0) is 0 Å². The average molecular weight is 282 g/mol. The van der Waals surface area contributed by atoms with E-state index in [1.165, 1.54) is 0 Å². The molecule has 0 aliphatic rings. The molecule has 0 fully saturated rings. The lowest BCUT2D eigenvalue weighted by atomic mass is 9.92. The molecule has 2 nitrogen and oxygen atoms in total. The van der Waals surface area contributed by atoms with E-state index in [4.69, 9.17) is 10.00 Å². The Kier molecular flexibility index (Phi) is 4.37. The summed E-state index contributed by atoms with van der Waals surface area (Å²) in [5.41, 5.74) is 0.790. The second kappa shape index (κ2) is 5.36. The number of ether oxygens (including phenoxy) is 1. The Morgan fingerprint density at radius 3 is 2.75 bits per heavy atom. The first-order chi connectivity index (χ1) is 7.44. The minimum atomic E-state index is -0.320. The van der Waals surface area contributed by atoms with Crippen LogP contribution in [0.1, 0.15) is 25.8 Å². The fourth-order valence-corrected chi connectivity index (χ4v) is 1.54. The molecule has 0 aliphatic heterocycles. The molecule has 0 heterocycles. The Hall–Kier alpha value is -1.01. The minimum Gasteiger partial charge on any atom is -0.493 e. The number of aryl methyl sites for hydroxylation is 1. The summed E-state index contributed by atoms with van der Waals surface area (Å²) >= 11 is 3.41. The van der Waals surface area contributed by atoms with E-state index in [1.54, 1.807) is 0 Å². The van der Waals surface area contributed by atoms with Crippen molar-refractivity contribution in [1.82, 2.24) is 0 Å². The number of halogens is 1. The lowest BCUT2D eigenvalue weighted by Crippen LogP contribution is -2.13. The van der Waals surface area contributed by atoms with Crippen LogP contribution in [-0.4, -0.2) is 6.61 Å². The van der Waals surface area contributed by atoms with E-state index >= 15 is 0 Å². The van der Waals surface area contributed by atoms with E-state index in [9.17, 15) is 0 Å².